The van der Waals surface area contributed by atoms with Crippen LogP contribution in [0.5, 0.6) is 11.5 Å². The Kier molecular flexibility index (Phi) is 3.17. The lowest BCUT2D eigenvalue weighted by Gasteiger charge is -2.08. The second-order valence-electron chi connectivity index (χ2n) is 2.20. The van der Waals surface area contributed by atoms with Crippen molar-refractivity contribution in [1.29, 1.82) is 0 Å². The molecule has 0 radical (unpaired) electrons. The van der Waals surface area contributed by atoms with E-state index in [2.05, 4.69) is 25.3 Å². The fourth-order valence-corrected chi connectivity index (χ4v) is 1.54. The highest BCUT2D eigenvalue weighted by Crippen LogP contribution is 2.32. The molecule has 0 fully saturated rings. The third-order valence-electron chi connectivity index (χ3n) is 1.48. The van der Waals surface area contributed by atoms with E-state index in [1.807, 2.05) is 0 Å². The zero-order chi connectivity index (χ0) is 9.14. The Labute approximate surface area is 82.7 Å². The molecule has 1 aromatic carbocycles. The van der Waals surface area contributed by atoms with Crippen LogP contribution in [0.15, 0.2) is 21.9 Å². The molecule has 1 aromatic rings. The molecule has 0 unspecified atom stereocenters. The fourth-order valence-electron chi connectivity index (χ4n) is 0.866. The molecule has 1 rings (SSSR count). The molecule has 0 aliphatic rings. The Morgan fingerprint density at radius 2 is 1.33 bits per heavy atom. The summed E-state index contributed by atoms with van der Waals surface area (Å²) < 4.78 is 10.1. The van der Waals surface area contributed by atoms with E-state index in [1.165, 1.54) is 0 Å². The van der Waals surface area contributed by atoms with E-state index in [-0.39, 0.29) is 0 Å². The van der Waals surface area contributed by atoms with Crippen LogP contribution in [0.2, 0.25) is 0 Å². The molecule has 0 amide bonds. The minimum Gasteiger partial charge on any atom is -0.495 e. The molecular weight excluding hydrogens is 192 g/mol. The summed E-state index contributed by atoms with van der Waals surface area (Å²) in [5.41, 5.74) is 0. The average molecular weight is 202 g/mol. The van der Waals surface area contributed by atoms with Gasteiger partial charge in [-0.2, -0.15) is 0 Å². The first kappa shape index (κ1) is 9.61. The summed E-state index contributed by atoms with van der Waals surface area (Å²) >= 11 is 8.41. The SMILES string of the molecule is COc1cc(OC)c(S)cc1S. The van der Waals surface area contributed by atoms with E-state index in [0.717, 1.165) is 9.79 Å². The van der Waals surface area contributed by atoms with Crippen LogP contribution in [-0.4, -0.2) is 14.2 Å². The lowest BCUT2D eigenvalue weighted by atomic mass is 10.3. The maximum absolute atomic E-state index is 5.05. The molecule has 0 heterocycles. The number of hydrogen-bond acceptors (Lipinski definition) is 4. The molecule has 0 aromatic heterocycles. The molecule has 2 nitrogen and oxygen atoms in total. The monoisotopic (exact) mass is 202 g/mol. The molecule has 0 atom stereocenters. The van der Waals surface area contributed by atoms with Crippen LogP contribution in [0, 0.1) is 0 Å². The highest BCUT2D eigenvalue weighted by molar-refractivity contribution is 7.81. The van der Waals surface area contributed by atoms with Gasteiger partial charge in [0.15, 0.2) is 0 Å². The molecule has 12 heavy (non-hydrogen) atoms. The molecule has 4 heteroatoms. The van der Waals surface area contributed by atoms with Gasteiger partial charge in [0.25, 0.3) is 0 Å². The molecule has 0 N–H and O–H groups in total. The maximum Gasteiger partial charge on any atom is 0.135 e. The summed E-state index contributed by atoms with van der Waals surface area (Å²) in [4.78, 5) is 1.51. The Morgan fingerprint density at radius 1 is 0.917 bits per heavy atom. The van der Waals surface area contributed by atoms with Crippen LogP contribution >= 0.6 is 25.3 Å². The van der Waals surface area contributed by atoms with Gasteiger partial charge < -0.3 is 9.47 Å². The summed E-state index contributed by atoms with van der Waals surface area (Å²) in [5, 5.41) is 0. The van der Waals surface area contributed by atoms with Gasteiger partial charge in [-0.25, -0.2) is 0 Å². The van der Waals surface area contributed by atoms with Crippen LogP contribution in [-0.2, 0) is 0 Å². The summed E-state index contributed by atoms with van der Waals surface area (Å²) in [6.45, 7) is 0. The van der Waals surface area contributed by atoms with Gasteiger partial charge in [-0.15, -0.1) is 25.3 Å². The minimum atomic E-state index is 0.688. The molecular formula is C8H10O2S2. The topological polar surface area (TPSA) is 18.5 Å². The lowest BCUT2D eigenvalue weighted by Crippen LogP contribution is -1.89. The van der Waals surface area contributed by atoms with Crippen molar-refractivity contribution in [2.75, 3.05) is 14.2 Å². The largest absolute Gasteiger partial charge is 0.495 e. The van der Waals surface area contributed by atoms with Crippen molar-refractivity contribution in [3.05, 3.63) is 12.1 Å². The van der Waals surface area contributed by atoms with Crippen molar-refractivity contribution in [1.82, 2.24) is 0 Å². The first-order chi connectivity index (χ1) is 5.69. The zero-order valence-electron chi connectivity index (χ0n) is 6.87. The van der Waals surface area contributed by atoms with Crippen LogP contribution in [0.3, 0.4) is 0 Å². The Balaban J connectivity index is 3.18. The first-order valence-electron chi connectivity index (χ1n) is 3.33. The fraction of sp³-hybridized carbons (Fsp3) is 0.250. The van der Waals surface area contributed by atoms with E-state index >= 15 is 0 Å². The van der Waals surface area contributed by atoms with Gasteiger partial charge in [-0.1, -0.05) is 0 Å². The van der Waals surface area contributed by atoms with Gasteiger partial charge in [0.2, 0.25) is 0 Å². The Morgan fingerprint density at radius 3 is 1.67 bits per heavy atom. The first-order valence-corrected chi connectivity index (χ1v) is 4.22. The molecule has 66 valence electrons. The van der Waals surface area contributed by atoms with Crippen molar-refractivity contribution in [2.24, 2.45) is 0 Å². The van der Waals surface area contributed by atoms with Gasteiger partial charge in [-0.3, -0.25) is 0 Å². The molecule has 0 aliphatic heterocycles. The number of rotatable bonds is 2. The standard InChI is InChI=1S/C8H10O2S2/c1-9-5-3-6(10-2)8(12)4-7(5)11/h3-4,11-12H,1-2H3. The predicted molar refractivity (Wildman–Crippen MR) is 54.1 cm³/mol. The van der Waals surface area contributed by atoms with Crippen molar-refractivity contribution >= 4 is 25.3 Å². The van der Waals surface area contributed by atoms with Crippen LogP contribution in [0.1, 0.15) is 0 Å². The van der Waals surface area contributed by atoms with Crippen molar-refractivity contribution in [3.63, 3.8) is 0 Å². The van der Waals surface area contributed by atoms with E-state index in [0.29, 0.717) is 11.5 Å². The van der Waals surface area contributed by atoms with Gasteiger partial charge in [0, 0.05) is 15.9 Å². The second-order valence-corrected chi connectivity index (χ2v) is 3.16. The minimum absolute atomic E-state index is 0.688. The maximum atomic E-state index is 5.05. The highest BCUT2D eigenvalue weighted by atomic mass is 32.1. The van der Waals surface area contributed by atoms with Crippen molar-refractivity contribution < 1.29 is 9.47 Å². The number of hydrogen-bond donors (Lipinski definition) is 2. The average Bonchev–Trinajstić information content (AvgIpc) is 2.05. The van der Waals surface area contributed by atoms with Crippen molar-refractivity contribution in [3.8, 4) is 11.5 Å². The molecule has 0 bridgehead atoms. The predicted octanol–water partition coefficient (Wildman–Crippen LogP) is 2.28. The Bertz CT molecular complexity index is 261. The quantitative estimate of drug-likeness (QED) is 0.717. The van der Waals surface area contributed by atoms with E-state index < -0.39 is 0 Å². The summed E-state index contributed by atoms with van der Waals surface area (Å²) in [6, 6.07) is 3.54. The van der Waals surface area contributed by atoms with E-state index in [4.69, 9.17) is 9.47 Å². The zero-order valence-corrected chi connectivity index (χ0v) is 8.65. The van der Waals surface area contributed by atoms with Gasteiger partial charge in [-0.05, 0) is 6.07 Å². The summed E-state index contributed by atoms with van der Waals surface area (Å²) in [5.74, 6) is 1.38. The van der Waals surface area contributed by atoms with Crippen LogP contribution in [0.25, 0.3) is 0 Å². The Hall–Kier alpha value is -0.480. The summed E-state index contributed by atoms with van der Waals surface area (Å²) in [7, 11) is 3.18. The normalized spacial score (nSPS) is 9.67. The molecule has 0 spiro atoms. The van der Waals surface area contributed by atoms with Gasteiger partial charge in [0.05, 0.1) is 14.2 Å². The third-order valence-corrected chi connectivity index (χ3v) is 2.18. The van der Waals surface area contributed by atoms with Gasteiger partial charge >= 0.3 is 0 Å². The number of thiol groups is 2. The molecule has 0 saturated heterocycles. The number of benzene rings is 1. The van der Waals surface area contributed by atoms with Gasteiger partial charge in [0.1, 0.15) is 11.5 Å². The summed E-state index contributed by atoms with van der Waals surface area (Å²) in [6.07, 6.45) is 0. The van der Waals surface area contributed by atoms with Crippen LogP contribution < -0.4 is 9.47 Å². The molecule has 0 aliphatic carbocycles. The smallest absolute Gasteiger partial charge is 0.135 e. The highest BCUT2D eigenvalue weighted by Gasteiger charge is 2.05. The number of ether oxygens (including phenoxy) is 2. The second kappa shape index (κ2) is 3.96. The van der Waals surface area contributed by atoms with E-state index in [1.54, 1.807) is 26.4 Å². The lowest BCUT2D eigenvalue weighted by molar-refractivity contribution is 0.381. The molecule has 0 saturated carbocycles. The number of methoxy groups -OCH3 is 2. The van der Waals surface area contributed by atoms with Crippen molar-refractivity contribution in [2.45, 2.75) is 9.79 Å². The van der Waals surface area contributed by atoms with Crippen LogP contribution in [0.4, 0.5) is 0 Å². The van der Waals surface area contributed by atoms with E-state index in [9.17, 15) is 0 Å². The third kappa shape index (κ3) is 1.81.